The van der Waals surface area contributed by atoms with E-state index in [-0.39, 0.29) is 30.2 Å². The smallest absolute Gasteiger partial charge is 0.260 e. The van der Waals surface area contributed by atoms with Gasteiger partial charge in [0, 0.05) is 58.3 Å². The van der Waals surface area contributed by atoms with Crippen LogP contribution in [0.1, 0.15) is 33.1 Å². The molecule has 2 aliphatic heterocycles. The zero-order valence-corrected chi connectivity index (χ0v) is 20.1. The molecule has 2 heterocycles. The lowest BCUT2D eigenvalue weighted by molar-refractivity contribution is -0.141. The number of nitrogens with zero attached hydrogens (tertiary/aromatic N) is 4. The molecular formula is C25H38N4O4. The second kappa shape index (κ2) is 12.6. The quantitative estimate of drug-likeness (QED) is 0.593. The van der Waals surface area contributed by atoms with Crippen molar-refractivity contribution in [2.75, 3.05) is 65.5 Å². The molecule has 0 atom stereocenters. The van der Waals surface area contributed by atoms with Gasteiger partial charge in [-0.05, 0) is 45.2 Å². The van der Waals surface area contributed by atoms with Crippen LogP contribution < -0.4 is 4.74 Å². The number of piperidine rings is 1. The van der Waals surface area contributed by atoms with Crippen LogP contribution in [0.15, 0.2) is 30.3 Å². The van der Waals surface area contributed by atoms with Crippen molar-refractivity contribution in [1.82, 2.24) is 19.6 Å². The summed E-state index contributed by atoms with van der Waals surface area (Å²) in [6.45, 7) is 10.0. The third-order valence-electron chi connectivity index (χ3n) is 6.68. The SMILES string of the molecule is CCN(CC)C(=O)CN1CCCN(C(=O)C2CCN(C(=O)COc3ccccc3)CC2)CC1. The summed E-state index contributed by atoms with van der Waals surface area (Å²) in [5, 5.41) is 0. The summed E-state index contributed by atoms with van der Waals surface area (Å²) in [6, 6.07) is 9.33. The number of hydrogen-bond acceptors (Lipinski definition) is 5. The van der Waals surface area contributed by atoms with Gasteiger partial charge in [0.25, 0.3) is 5.91 Å². The molecule has 0 aliphatic carbocycles. The Kier molecular flexibility index (Phi) is 9.54. The van der Waals surface area contributed by atoms with E-state index < -0.39 is 0 Å². The lowest BCUT2D eigenvalue weighted by Gasteiger charge is -2.34. The molecule has 0 radical (unpaired) electrons. The molecule has 1 aromatic carbocycles. The van der Waals surface area contributed by atoms with Crippen molar-refractivity contribution < 1.29 is 19.1 Å². The highest BCUT2D eigenvalue weighted by Gasteiger charge is 2.31. The molecule has 8 heteroatoms. The van der Waals surface area contributed by atoms with Gasteiger partial charge in [-0.25, -0.2) is 0 Å². The fourth-order valence-electron chi connectivity index (χ4n) is 4.60. The maximum absolute atomic E-state index is 13.1. The lowest BCUT2D eigenvalue weighted by Crippen LogP contribution is -2.46. The Morgan fingerprint density at radius 3 is 2.27 bits per heavy atom. The number of para-hydroxylation sites is 1. The molecule has 33 heavy (non-hydrogen) atoms. The maximum Gasteiger partial charge on any atom is 0.260 e. The Morgan fingerprint density at radius 2 is 1.61 bits per heavy atom. The molecule has 3 amide bonds. The van der Waals surface area contributed by atoms with Crippen molar-refractivity contribution in [2.24, 2.45) is 5.92 Å². The number of benzene rings is 1. The number of carbonyl (C=O) groups is 3. The number of carbonyl (C=O) groups excluding carboxylic acids is 3. The minimum absolute atomic E-state index is 0.0246. The van der Waals surface area contributed by atoms with Crippen LogP contribution in [0.5, 0.6) is 5.75 Å². The number of likely N-dealkylation sites (tertiary alicyclic amines) is 1. The van der Waals surface area contributed by atoms with Crippen LogP contribution in [-0.4, -0.2) is 103 Å². The molecule has 0 saturated carbocycles. The van der Waals surface area contributed by atoms with Gasteiger partial charge in [-0.3, -0.25) is 19.3 Å². The van der Waals surface area contributed by atoms with Gasteiger partial charge in [0.15, 0.2) is 6.61 Å². The molecule has 0 N–H and O–H groups in total. The number of hydrogen-bond donors (Lipinski definition) is 0. The van der Waals surface area contributed by atoms with E-state index >= 15 is 0 Å². The first-order valence-corrected chi connectivity index (χ1v) is 12.3. The second-order valence-corrected chi connectivity index (χ2v) is 8.78. The van der Waals surface area contributed by atoms with Crippen molar-refractivity contribution in [3.05, 3.63) is 30.3 Å². The maximum atomic E-state index is 13.1. The first kappa shape index (κ1) is 25.0. The van der Waals surface area contributed by atoms with Crippen molar-refractivity contribution in [3.63, 3.8) is 0 Å². The summed E-state index contributed by atoms with van der Waals surface area (Å²) < 4.78 is 5.57. The van der Waals surface area contributed by atoms with Gasteiger partial charge in [-0.15, -0.1) is 0 Å². The van der Waals surface area contributed by atoms with Crippen LogP contribution in [0.3, 0.4) is 0 Å². The standard InChI is InChI=1S/C25H38N4O4/c1-3-27(4-2)23(30)19-26-13-8-14-29(18-17-26)25(32)21-11-15-28(16-12-21)24(31)20-33-22-9-6-5-7-10-22/h5-7,9-10,21H,3-4,8,11-20H2,1-2H3. The zero-order valence-electron chi connectivity index (χ0n) is 20.1. The first-order chi connectivity index (χ1) is 16.0. The Balaban J connectivity index is 1.41. The minimum Gasteiger partial charge on any atom is -0.484 e. The highest BCUT2D eigenvalue weighted by atomic mass is 16.5. The molecule has 0 bridgehead atoms. The number of rotatable bonds is 8. The molecule has 2 saturated heterocycles. The van der Waals surface area contributed by atoms with Crippen LogP contribution >= 0.6 is 0 Å². The predicted molar refractivity (Wildman–Crippen MR) is 127 cm³/mol. The van der Waals surface area contributed by atoms with Crippen LogP contribution in [0.2, 0.25) is 0 Å². The summed E-state index contributed by atoms with van der Waals surface area (Å²) in [4.78, 5) is 45.8. The van der Waals surface area contributed by atoms with Gasteiger partial charge in [-0.1, -0.05) is 18.2 Å². The molecule has 2 aliphatic rings. The van der Waals surface area contributed by atoms with Crippen molar-refractivity contribution in [2.45, 2.75) is 33.1 Å². The Hall–Kier alpha value is -2.61. The van der Waals surface area contributed by atoms with Crippen LogP contribution in [0, 0.1) is 5.92 Å². The summed E-state index contributed by atoms with van der Waals surface area (Å²) in [5.74, 6) is 0.971. The first-order valence-electron chi connectivity index (χ1n) is 12.3. The van der Waals surface area contributed by atoms with E-state index in [0.29, 0.717) is 44.8 Å². The molecule has 1 aromatic rings. The van der Waals surface area contributed by atoms with Gasteiger partial charge in [0.1, 0.15) is 5.75 Å². The molecule has 3 rings (SSSR count). The van der Waals surface area contributed by atoms with Crippen molar-refractivity contribution >= 4 is 17.7 Å². The predicted octanol–water partition coefficient (Wildman–Crippen LogP) is 1.71. The molecule has 2 fully saturated rings. The Bertz CT molecular complexity index is 776. The normalized spacial score (nSPS) is 18.0. The third-order valence-corrected chi connectivity index (χ3v) is 6.68. The van der Waals surface area contributed by atoms with Gasteiger partial charge in [-0.2, -0.15) is 0 Å². The van der Waals surface area contributed by atoms with Crippen LogP contribution in [0.4, 0.5) is 0 Å². The van der Waals surface area contributed by atoms with Crippen molar-refractivity contribution in [3.8, 4) is 5.75 Å². The van der Waals surface area contributed by atoms with Gasteiger partial charge in [0.2, 0.25) is 11.8 Å². The topological polar surface area (TPSA) is 73.4 Å². The van der Waals surface area contributed by atoms with E-state index in [0.717, 1.165) is 39.1 Å². The summed E-state index contributed by atoms with van der Waals surface area (Å²) in [7, 11) is 0. The number of amides is 3. The molecule has 8 nitrogen and oxygen atoms in total. The van der Waals surface area contributed by atoms with E-state index in [4.69, 9.17) is 4.74 Å². The van der Waals surface area contributed by atoms with Gasteiger partial charge < -0.3 is 19.4 Å². The van der Waals surface area contributed by atoms with Gasteiger partial charge in [0.05, 0.1) is 6.54 Å². The molecule has 0 spiro atoms. The summed E-state index contributed by atoms with van der Waals surface area (Å²) in [6.07, 6.45) is 2.26. The average molecular weight is 459 g/mol. The van der Waals surface area contributed by atoms with E-state index in [2.05, 4.69) is 4.90 Å². The zero-order chi connectivity index (χ0) is 23.6. The monoisotopic (exact) mass is 458 g/mol. The molecule has 182 valence electrons. The highest BCUT2D eigenvalue weighted by molar-refractivity contribution is 5.81. The number of likely N-dealkylation sites (N-methyl/N-ethyl adjacent to an activating group) is 1. The second-order valence-electron chi connectivity index (χ2n) is 8.78. The van der Waals surface area contributed by atoms with Crippen LogP contribution in [-0.2, 0) is 14.4 Å². The van der Waals surface area contributed by atoms with Gasteiger partial charge >= 0.3 is 0 Å². The van der Waals surface area contributed by atoms with E-state index in [1.807, 2.05) is 54.0 Å². The number of ether oxygens (including phenoxy) is 1. The lowest BCUT2D eigenvalue weighted by atomic mass is 9.95. The summed E-state index contributed by atoms with van der Waals surface area (Å²) >= 11 is 0. The largest absolute Gasteiger partial charge is 0.484 e. The Morgan fingerprint density at radius 1 is 0.909 bits per heavy atom. The molecule has 0 unspecified atom stereocenters. The fourth-order valence-corrected chi connectivity index (χ4v) is 4.60. The third kappa shape index (κ3) is 7.19. The van der Waals surface area contributed by atoms with E-state index in [9.17, 15) is 14.4 Å². The average Bonchev–Trinajstić information content (AvgIpc) is 3.09. The fraction of sp³-hybridized carbons (Fsp3) is 0.640. The van der Waals surface area contributed by atoms with E-state index in [1.165, 1.54) is 0 Å². The molecular weight excluding hydrogens is 420 g/mol. The summed E-state index contributed by atoms with van der Waals surface area (Å²) in [5.41, 5.74) is 0. The minimum atomic E-state index is -0.0343. The van der Waals surface area contributed by atoms with Crippen LogP contribution in [0.25, 0.3) is 0 Å². The van der Waals surface area contributed by atoms with E-state index in [1.54, 1.807) is 4.90 Å². The van der Waals surface area contributed by atoms with Crippen molar-refractivity contribution in [1.29, 1.82) is 0 Å². The highest BCUT2D eigenvalue weighted by Crippen LogP contribution is 2.21. The molecule has 0 aromatic heterocycles. The Labute approximate surface area is 197 Å².